The largest absolute Gasteiger partial charge is 0.455 e. The van der Waals surface area contributed by atoms with Crippen LogP contribution in [-0.4, -0.2) is 17.0 Å². The van der Waals surface area contributed by atoms with Crippen LogP contribution < -0.4 is 5.43 Å². The lowest BCUT2D eigenvalue weighted by Crippen LogP contribution is -2.19. The van der Waals surface area contributed by atoms with E-state index in [0.29, 0.717) is 17.1 Å². The highest BCUT2D eigenvalue weighted by atomic mass is 35.5. The molecule has 0 bridgehead atoms. The smallest absolute Gasteiger partial charge is 0.270 e. The van der Waals surface area contributed by atoms with Crippen LogP contribution in [-0.2, 0) is 11.2 Å². The van der Waals surface area contributed by atoms with Crippen molar-refractivity contribution in [1.82, 2.24) is 5.43 Å². The molecule has 1 amide bonds. The van der Waals surface area contributed by atoms with E-state index < -0.39 is 4.92 Å². The molecule has 0 radical (unpaired) electrons. The van der Waals surface area contributed by atoms with Gasteiger partial charge in [0.15, 0.2) is 0 Å². The zero-order valence-electron chi connectivity index (χ0n) is 13.2. The molecule has 2 heterocycles. The number of nitrogens with one attached hydrogen (secondary N) is 1. The van der Waals surface area contributed by atoms with Gasteiger partial charge in [0.05, 0.1) is 22.6 Å². The number of hydrogen-bond donors (Lipinski definition) is 1. The maximum Gasteiger partial charge on any atom is 0.270 e. The number of nitrogens with zero attached hydrogens (tertiary/aromatic N) is 2. The third kappa shape index (κ3) is 4.35. The number of furan rings is 1. The summed E-state index contributed by atoms with van der Waals surface area (Å²) in [6.07, 6.45) is 1.63. The number of non-ortho nitro benzene ring substituents is 1. The van der Waals surface area contributed by atoms with Gasteiger partial charge in [0.2, 0.25) is 5.91 Å². The average Bonchev–Trinajstić information content (AvgIpc) is 3.26. The van der Waals surface area contributed by atoms with E-state index in [4.69, 9.17) is 16.0 Å². The Kier molecular flexibility index (Phi) is 5.45. The first-order valence-corrected chi connectivity index (χ1v) is 8.67. The molecule has 0 aliphatic carbocycles. The average molecular weight is 390 g/mol. The zero-order chi connectivity index (χ0) is 18.5. The second-order valence-corrected chi connectivity index (χ2v) is 6.61. The molecular weight excluding hydrogens is 378 g/mol. The van der Waals surface area contributed by atoms with Gasteiger partial charge in [-0.2, -0.15) is 5.10 Å². The van der Waals surface area contributed by atoms with E-state index in [-0.39, 0.29) is 23.0 Å². The molecule has 0 aliphatic heterocycles. The standard InChI is InChI=1S/C17H12ClN3O4S/c18-15-8-11(21(23)24)3-5-14(15)16-6-4-12(25-16)10-19-20-17(22)9-13-2-1-7-26-13/h1-8,10H,9H2,(H,20,22)/b19-10-. The van der Waals surface area contributed by atoms with Crippen molar-refractivity contribution in [3.63, 3.8) is 0 Å². The zero-order valence-corrected chi connectivity index (χ0v) is 14.8. The fourth-order valence-corrected chi connectivity index (χ4v) is 3.13. The van der Waals surface area contributed by atoms with E-state index >= 15 is 0 Å². The molecule has 3 aromatic rings. The minimum atomic E-state index is -0.519. The minimum Gasteiger partial charge on any atom is -0.455 e. The van der Waals surface area contributed by atoms with Crippen molar-refractivity contribution in [3.8, 4) is 11.3 Å². The summed E-state index contributed by atoms with van der Waals surface area (Å²) in [7, 11) is 0. The van der Waals surface area contributed by atoms with Crippen LogP contribution in [0.5, 0.6) is 0 Å². The number of hydrazone groups is 1. The predicted octanol–water partition coefficient (Wildman–Crippen LogP) is 4.26. The third-order valence-electron chi connectivity index (χ3n) is 3.35. The van der Waals surface area contributed by atoms with Crippen LogP contribution in [0.25, 0.3) is 11.3 Å². The second-order valence-electron chi connectivity index (χ2n) is 5.17. The lowest BCUT2D eigenvalue weighted by molar-refractivity contribution is -0.384. The van der Waals surface area contributed by atoms with Crippen molar-refractivity contribution < 1.29 is 14.1 Å². The SMILES string of the molecule is O=C(Cc1cccs1)N/N=C\c1ccc(-c2ccc([N+](=O)[O-])cc2Cl)o1. The number of amides is 1. The Morgan fingerprint density at radius 2 is 2.19 bits per heavy atom. The Morgan fingerprint density at radius 3 is 2.88 bits per heavy atom. The monoisotopic (exact) mass is 389 g/mol. The Labute approximate surface area is 157 Å². The number of carbonyl (C=O) groups excluding carboxylic acids is 1. The molecule has 2 aromatic heterocycles. The van der Waals surface area contributed by atoms with Crippen LogP contribution in [0.4, 0.5) is 5.69 Å². The van der Waals surface area contributed by atoms with Crippen LogP contribution >= 0.6 is 22.9 Å². The maximum absolute atomic E-state index is 11.7. The van der Waals surface area contributed by atoms with E-state index in [1.807, 2.05) is 17.5 Å². The van der Waals surface area contributed by atoms with Gasteiger partial charge in [-0.15, -0.1) is 11.3 Å². The van der Waals surface area contributed by atoms with Gasteiger partial charge in [-0.3, -0.25) is 14.9 Å². The van der Waals surface area contributed by atoms with Gasteiger partial charge in [-0.25, -0.2) is 5.43 Å². The molecule has 0 atom stereocenters. The number of halogens is 1. The highest BCUT2D eigenvalue weighted by Gasteiger charge is 2.13. The van der Waals surface area contributed by atoms with Gasteiger partial charge in [0, 0.05) is 22.6 Å². The van der Waals surface area contributed by atoms with Gasteiger partial charge in [0.25, 0.3) is 5.69 Å². The molecule has 0 saturated carbocycles. The highest BCUT2D eigenvalue weighted by Crippen LogP contribution is 2.31. The van der Waals surface area contributed by atoms with Crippen molar-refractivity contribution in [2.75, 3.05) is 0 Å². The summed E-state index contributed by atoms with van der Waals surface area (Å²) >= 11 is 7.58. The second kappa shape index (κ2) is 7.94. The van der Waals surface area contributed by atoms with Crippen LogP contribution in [0, 0.1) is 10.1 Å². The van der Waals surface area contributed by atoms with Crippen molar-refractivity contribution >= 4 is 40.7 Å². The summed E-state index contributed by atoms with van der Waals surface area (Å²) in [5.41, 5.74) is 2.86. The summed E-state index contributed by atoms with van der Waals surface area (Å²) in [4.78, 5) is 22.9. The van der Waals surface area contributed by atoms with Gasteiger partial charge in [-0.05, 0) is 29.6 Å². The Morgan fingerprint density at radius 1 is 1.35 bits per heavy atom. The number of hydrogen-bond acceptors (Lipinski definition) is 6. The molecule has 0 spiro atoms. The van der Waals surface area contributed by atoms with Gasteiger partial charge in [0.1, 0.15) is 11.5 Å². The molecule has 3 rings (SSSR count). The molecule has 132 valence electrons. The quantitative estimate of drug-likeness (QED) is 0.387. The molecule has 1 N–H and O–H groups in total. The van der Waals surface area contributed by atoms with Crippen molar-refractivity contribution in [3.05, 3.63) is 73.6 Å². The molecule has 0 unspecified atom stereocenters. The van der Waals surface area contributed by atoms with Crippen molar-refractivity contribution in [2.24, 2.45) is 5.10 Å². The Bertz CT molecular complexity index is 966. The minimum absolute atomic E-state index is 0.0967. The number of rotatable bonds is 6. The van der Waals surface area contributed by atoms with Crippen LogP contribution in [0.3, 0.4) is 0 Å². The normalized spacial score (nSPS) is 11.0. The summed E-state index contributed by atoms with van der Waals surface area (Å²) in [5.74, 6) is 0.621. The van der Waals surface area contributed by atoms with E-state index in [1.54, 1.807) is 12.1 Å². The predicted molar refractivity (Wildman–Crippen MR) is 99.6 cm³/mol. The summed E-state index contributed by atoms with van der Waals surface area (Å²) < 4.78 is 5.59. The van der Waals surface area contributed by atoms with Gasteiger partial charge in [-0.1, -0.05) is 17.7 Å². The van der Waals surface area contributed by atoms with Crippen LogP contribution in [0.2, 0.25) is 5.02 Å². The Balaban J connectivity index is 1.64. The lowest BCUT2D eigenvalue weighted by Gasteiger charge is -2.00. The third-order valence-corrected chi connectivity index (χ3v) is 4.54. The fraction of sp³-hybridized carbons (Fsp3) is 0.0588. The topological polar surface area (TPSA) is 97.7 Å². The summed E-state index contributed by atoms with van der Waals surface area (Å²) in [6, 6.07) is 11.2. The van der Waals surface area contributed by atoms with E-state index in [9.17, 15) is 14.9 Å². The maximum atomic E-state index is 11.7. The van der Waals surface area contributed by atoms with E-state index in [2.05, 4.69) is 10.5 Å². The van der Waals surface area contributed by atoms with Crippen LogP contribution in [0.15, 0.2) is 57.4 Å². The molecule has 26 heavy (non-hydrogen) atoms. The number of benzene rings is 1. The van der Waals surface area contributed by atoms with Gasteiger partial charge < -0.3 is 4.42 Å². The molecule has 0 aliphatic rings. The molecular formula is C17H12ClN3O4S. The van der Waals surface area contributed by atoms with Crippen molar-refractivity contribution in [2.45, 2.75) is 6.42 Å². The highest BCUT2D eigenvalue weighted by molar-refractivity contribution is 7.10. The van der Waals surface area contributed by atoms with Crippen LogP contribution in [0.1, 0.15) is 10.6 Å². The van der Waals surface area contributed by atoms with Gasteiger partial charge >= 0.3 is 0 Å². The van der Waals surface area contributed by atoms with E-state index in [0.717, 1.165) is 4.88 Å². The molecule has 1 aromatic carbocycles. The number of carbonyl (C=O) groups is 1. The number of nitro benzene ring substituents is 1. The summed E-state index contributed by atoms with van der Waals surface area (Å²) in [6.45, 7) is 0. The van der Waals surface area contributed by atoms with Crippen molar-refractivity contribution in [1.29, 1.82) is 0 Å². The fourth-order valence-electron chi connectivity index (χ4n) is 2.16. The molecule has 9 heteroatoms. The first-order valence-electron chi connectivity index (χ1n) is 7.41. The first-order chi connectivity index (χ1) is 12.5. The number of thiophene rings is 1. The van der Waals surface area contributed by atoms with E-state index in [1.165, 1.54) is 35.8 Å². The first kappa shape index (κ1) is 17.8. The Hall–Kier alpha value is -2.97. The number of nitro groups is 1. The lowest BCUT2D eigenvalue weighted by atomic mass is 10.1. The molecule has 0 fully saturated rings. The molecule has 0 saturated heterocycles. The summed E-state index contributed by atoms with van der Waals surface area (Å²) in [5, 5.41) is 16.7. The molecule has 7 nitrogen and oxygen atoms in total.